The lowest BCUT2D eigenvalue weighted by molar-refractivity contribution is -0.0611. The highest BCUT2D eigenvalue weighted by molar-refractivity contribution is 7.16. The number of hydrogen-bond acceptors (Lipinski definition) is 7. The number of benzene rings is 1. The van der Waals surface area contributed by atoms with E-state index in [1.165, 1.54) is 0 Å². The Bertz CT molecular complexity index is 850. The van der Waals surface area contributed by atoms with Crippen LogP contribution in [0.25, 0.3) is 10.2 Å². The summed E-state index contributed by atoms with van der Waals surface area (Å²) in [7, 11) is 0. The predicted octanol–water partition coefficient (Wildman–Crippen LogP) is 2.86. The Morgan fingerprint density at radius 1 is 1.36 bits per heavy atom. The Labute approximate surface area is 152 Å². The number of carbonyl (C=O) groups excluding carboxylic acids is 1. The second kappa shape index (κ2) is 7.57. The fourth-order valence-electron chi connectivity index (χ4n) is 2.80. The molecule has 4 rings (SSSR count). The Kier molecular flexibility index (Phi) is 5.02. The van der Waals surface area contributed by atoms with Crippen LogP contribution in [0.15, 0.2) is 34.6 Å². The van der Waals surface area contributed by atoms with Crippen LogP contribution < -0.4 is 5.32 Å². The van der Waals surface area contributed by atoms with E-state index in [2.05, 4.69) is 15.3 Å². The summed E-state index contributed by atoms with van der Waals surface area (Å²) in [5, 5.41) is 5.01. The van der Waals surface area contributed by atoms with E-state index in [4.69, 9.17) is 9.47 Å². The first-order valence-corrected chi connectivity index (χ1v) is 9.82. The van der Waals surface area contributed by atoms with E-state index in [1.807, 2.05) is 23.6 Å². The van der Waals surface area contributed by atoms with Crippen LogP contribution in [0.1, 0.15) is 22.5 Å². The summed E-state index contributed by atoms with van der Waals surface area (Å²) in [6.07, 6.45) is 0.669. The lowest BCUT2D eigenvalue weighted by Crippen LogP contribution is -2.50. The van der Waals surface area contributed by atoms with Crippen LogP contribution >= 0.6 is 22.7 Å². The third-order valence-electron chi connectivity index (χ3n) is 4.13. The van der Waals surface area contributed by atoms with E-state index in [9.17, 15) is 4.79 Å². The first kappa shape index (κ1) is 16.6. The second-order valence-electron chi connectivity index (χ2n) is 5.81. The zero-order valence-corrected chi connectivity index (χ0v) is 15.0. The molecule has 0 saturated carbocycles. The number of nitrogens with zero attached hydrogens (tertiary/aromatic N) is 2. The summed E-state index contributed by atoms with van der Waals surface area (Å²) >= 11 is 3.11. The molecular formula is C17H17N3O3S2. The molecule has 1 amide bonds. The third-order valence-corrected chi connectivity index (χ3v) is 5.58. The fraction of sp³-hybridized carbons (Fsp3) is 0.353. The first-order chi connectivity index (χ1) is 12.3. The maximum absolute atomic E-state index is 12.6. The summed E-state index contributed by atoms with van der Waals surface area (Å²) in [6, 6.07) is 5.39. The molecule has 1 fully saturated rings. The van der Waals surface area contributed by atoms with Crippen molar-refractivity contribution < 1.29 is 14.3 Å². The lowest BCUT2D eigenvalue weighted by atomic mass is 10.1. The average Bonchev–Trinajstić information content (AvgIpc) is 3.31. The minimum Gasteiger partial charge on any atom is -0.379 e. The third kappa shape index (κ3) is 3.87. The molecule has 0 radical (unpaired) electrons. The maximum atomic E-state index is 12.6. The van der Waals surface area contributed by atoms with Crippen LogP contribution in [-0.4, -0.2) is 41.2 Å². The predicted molar refractivity (Wildman–Crippen MR) is 97.0 cm³/mol. The van der Waals surface area contributed by atoms with E-state index < -0.39 is 0 Å². The van der Waals surface area contributed by atoms with Crippen molar-refractivity contribution in [1.82, 2.24) is 15.3 Å². The number of ether oxygens (including phenoxy) is 2. The molecule has 0 unspecified atom stereocenters. The monoisotopic (exact) mass is 375 g/mol. The minimum atomic E-state index is -0.175. The van der Waals surface area contributed by atoms with Crippen molar-refractivity contribution in [2.75, 3.05) is 13.2 Å². The summed E-state index contributed by atoms with van der Waals surface area (Å²) in [6.45, 7) is 1.54. The highest BCUT2D eigenvalue weighted by Gasteiger charge is 2.28. The van der Waals surface area contributed by atoms with Gasteiger partial charge in [-0.2, -0.15) is 0 Å². The molecule has 1 saturated heterocycles. The number of amides is 1. The summed E-state index contributed by atoms with van der Waals surface area (Å²) in [5.74, 6) is -0.132. The molecule has 0 aliphatic carbocycles. The van der Waals surface area contributed by atoms with Gasteiger partial charge in [0.15, 0.2) is 0 Å². The molecule has 25 heavy (non-hydrogen) atoms. The van der Waals surface area contributed by atoms with E-state index >= 15 is 0 Å². The Balaban J connectivity index is 1.42. The van der Waals surface area contributed by atoms with Gasteiger partial charge in [0, 0.05) is 17.6 Å². The Morgan fingerprint density at radius 3 is 3.20 bits per heavy atom. The van der Waals surface area contributed by atoms with Crippen LogP contribution in [0.5, 0.6) is 0 Å². The highest BCUT2D eigenvalue weighted by atomic mass is 32.1. The highest BCUT2D eigenvalue weighted by Crippen LogP contribution is 2.20. The van der Waals surface area contributed by atoms with Crippen molar-refractivity contribution in [2.24, 2.45) is 0 Å². The molecule has 0 spiro atoms. The largest absolute Gasteiger partial charge is 0.379 e. The zero-order valence-electron chi connectivity index (χ0n) is 13.4. The Morgan fingerprint density at radius 2 is 2.32 bits per heavy atom. The second-order valence-corrected chi connectivity index (χ2v) is 7.41. The quantitative estimate of drug-likeness (QED) is 0.742. The van der Waals surface area contributed by atoms with Gasteiger partial charge in [-0.05, 0) is 24.6 Å². The van der Waals surface area contributed by atoms with Crippen molar-refractivity contribution in [2.45, 2.75) is 25.2 Å². The number of rotatable bonds is 5. The van der Waals surface area contributed by atoms with Gasteiger partial charge in [0.25, 0.3) is 5.91 Å². The van der Waals surface area contributed by atoms with Crippen molar-refractivity contribution >= 4 is 38.8 Å². The fourth-order valence-corrected chi connectivity index (χ4v) is 4.01. The molecule has 3 heterocycles. The van der Waals surface area contributed by atoms with E-state index in [0.717, 1.165) is 22.3 Å². The van der Waals surface area contributed by atoms with E-state index in [-0.39, 0.29) is 18.1 Å². The van der Waals surface area contributed by atoms with Crippen LogP contribution in [0.2, 0.25) is 0 Å². The SMILES string of the molecule is O=C(N[C@@H]1COCC[C@@H]1OCc1cscn1)c1ccc2scnc2c1. The van der Waals surface area contributed by atoms with E-state index in [0.29, 0.717) is 25.4 Å². The summed E-state index contributed by atoms with van der Waals surface area (Å²) in [4.78, 5) is 21.1. The number of nitrogens with one attached hydrogen (secondary N) is 1. The molecule has 1 aromatic carbocycles. The van der Waals surface area contributed by atoms with Gasteiger partial charge < -0.3 is 14.8 Å². The molecule has 130 valence electrons. The van der Waals surface area contributed by atoms with Gasteiger partial charge in [0.05, 0.1) is 52.3 Å². The van der Waals surface area contributed by atoms with Crippen LogP contribution in [0, 0.1) is 0 Å². The van der Waals surface area contributed by atoms with Crippen LogP contribution in [-0.2, 0) is 16.1 Å². The van der Waals surface area contributed by atoms with Crippen molar-refractivity contribution in [3.05, 3.63) is 45.9 Å². The Hall–Kier alpha value is -1.87. The topological polar surface area (TPSA) is 73.3 Å². The van der Waals surface area contributed by atoms with Gasteiger partial charge in [0.2, 0.25) is 0 Å². The molecule has 3 aromatic rings. The molecular weight excluding hydrogens is 358 g/mol. The molecule has 2 aromatic heterocycles. The number of hydrogen-bond donors (Lipinski definition) is 1. The van der Waals surface area contributed by atoms with Crippen molar-refractivity contribution in [3.63, 3.8) is 0 Å². The number of aromatic nitrogens is 2. The van der Waals surface area contributed by atoms with Gasteiger partial charge in [-0.15, -0.1) is 22.7 Å². The average molecular weight is 375 g/mol. The first-order valence-electron chi connectivity index (χ1n) is 8.00. The van der Waals surface area contributed by atoms with E-state index in [1.54, 1.807) is 33.7 Å². The zero-order chi connectivity index (χ0) is 17.1. The van der Waals surface area contributed by atoms with Gasteiger partial charge in [-0.1, -0.05) is 0 Å². The number of fused-ring (bicyclic) bond motifs is 1. The standard InChI is InChI=1S/C17H17N3O3S2/c21-17(11-1-2-16-13(5-11)19-10-25-16)20-14-7-22-4-3-15(14)23-6-12-8-24-9-18-12/h1-2,5,8-10,14-15H,3-4,6-7H2,(H,20,21)/t14-,15+/m1/s1. The summed E-state index contributed by atoms with van der Waals surface area (Å²) in [5.41, 5.74) is 5.92. The van der Waals surface area contributed by atoms with Gasteiger partial charge in [0.1, 0.15) is 0 Å². The molecule has 8 heteroatoms. The molecule has 1 aliphatic heterocycles. The smallest absolute Gasteiger partial charge is 0.251 e. The molecule has 2 atom stereocenters. The molecule has 1 N–H and O–H groups in total. The number of thiazole rings is 2. The van der Waals surface area contributed by atoms with Gasteiger partial charge in [-0.25, -0.2) is 9.97 Å². The molecule has 1 aliphatic rings. The van der Waals surface area contributed by atoms with Crippen molar-refractivity contribution in [3.8, 4) is 0 Å². The normalized spacial score (nSPS) is 20.6. The molecule has 6 nitrogen and oxygen atoms in total. The summed E-state index contributed by atoms with van der Waals surface area (Å²) < 4.78 is 12.6. The minimum absolute atomic E-state index is 0.0811. The van der Waals surface area contributed by atoms with Crippen molar-refractivity contribution in [1.29, 1.82) is 0 Å². The maximum Gasteiger partial charge on any atom is 0.251 e. The lowest BCUT2D eigenvalue weighted by Gasteiger charge is -2.32. The molecule has 0 bridgehead atoms. The van der Waals surface area contributed by atoms with Crippen LogP contribution in [0.4, 0.5) is 0 Å². The number of carbonyl (C=O) groups is 1. The van der Waals surface area contributed by atoms with Crippen LogP contribution in [0.3, 0.4) is 0 Å². The van der Waals surface area contributed by atoms with Gasteiger partial charge >= 0.3 is 0 Å². The van der Waals surface area contributed by atoms with Gasteiger partial charge in [-0.3, -0.25) is 4.79 Å².